The van der Waals surface area contributed by atoms with Crippen molar-refractivity contribution in [2.24, 2.45) is 58.2 Å². The summed E-state index contributed by atoms with van der Waals surface area (Å²) in [5.41, 5.74) is 1.28. The monoisotopic (exact) mass is 545 g/mol. The van der Waals surface area contributed by atoms with E-state index in [4.69, 9.17) is 4.43 Å². The van der Waals surface area contributed by atoms with Crippen LogP contribution in [0.2, 0.25) is 18.1 Å². The summed E-state index contributed by atoms with van der Waals surface area (Å²) in [7, 11) is -1.59. The summed E-state index contributed by atoms with van der Waals surface area (Å²) in [4.78, 5) is 0. The van der Waals surface area contributed by atoms with Crippen LogP contribution >= 0.6 is 0 Å². The van der Waals surface area contributed by atoms with Gasteiger partial charge in [0.2, 0.25) is 0 Å². The predicted octanol–water partition coefficient (Wildman–Crippen LogP) is 11.5. The van der Waals surface area contributed by atoms with Crippen molar-refractivity contribution >= 4 is 8.32 Å². The molecule has 1 nitrogen and oxygen atoms in total. The molecule has 2 heteroatoms. The largest absolute Gasteiger partial charge is 0.417 e. The Labute approximate surface area is 240 Å². The Bertz CT molecular complexity index is 766. The lowest BCUT2D eigenvalue weighted by molar-refractivity contribution is -0.121. The molecule has 0 aromatic heterocycles. The highest BCUT2D eigenvalue weighted by atomic mass is 28.4. The first-order valence-corrected chi connectivity index (χ1v) is 20.2. The van der Waals surface area contributed by atoms with Gasteiger partial charge in [0.25, 0.3) is 0 Å². The first-order chi connectivity index (χ1) is 17.7. The maximum atomic E-state index is 6.53. The molecular formula is C36H68OSi. The normalized spacial score (nSPS) is 40.5. The Morgan fingerprint density at radius 1 is 0.816 bits per heavy atom. The molecule has 0 aromatic carbocycles. The Morgan fingerprint density at radius 3 is 2.18 bits per heavy atom. The van der Waals surface area contributed by atoms with Crippen molar-refractivity contribution in [1.82, 2.24) is 0 Å². The van der Waals surface area contributed by atoms with Crippen LogP contribution in [0.1, 0.15) is 145 Å². The summed E-state index contributed by atoms with van der Waals surface area (Å²) in [6.07, 6.45) is 20.8. The summed E-state index contributed by atoms with van der Waals surface area (Å²) in [6.45, 7) is 25.9. The number of hydrogen-bond donors (Lipinski definition) is 0. The molecule has 0 spiro atoms. The van der Waals surface area contributed by atoms with Gasteiger partial charge in [0.05, 0.1) is 0 Å². The van der Waals surface area contributed by atoms with Crippen molar-refractivity contribution in [3.8, 4) is 0 Å². The second kappa shape index (κ2) is 11.8. The van der Waals surface area contributed by atoms with Crippen LogP contribution in [0.3, 0.4) is 0 Å². The molecule has 0 aliphatic heterocycles. The van der Waals surface area contributed by atoms with Gasteiger partial charge < -0.3 is 4.43 Å². The van der Waals surface area contributed by atoms with Crippen LogP contribution in [0.5, 0.6) is 0 Å². The van der Waals surface area contributed by atoms with E-state index in [2.05, 4.69) is 68.5 Å². The molecule has 4 aliphatic carbocycles. The third-order valence-electron chi connectivity index (χ3n) is 14.0. The third kappa shape index (κ3) is 6.17. The maximum absolute atomic E-state index is 6.53. The molecule has 0 N–H and O–H groups in total. The number of rotatable bonds is 10. The van der Waals surface area contributed by atoms with Crippen molar-refractivity contribution in [1.29, 1.82) is 0 Å². The average Bonchev–Trinajstić information content (AvgIpc) is 3.18. The van der Waals surface area contributed by atoms with Crippen LogP contribution in [0.25, 0.3) is 0 Å². The molecule has 4 saturated carbocycles. The molecule has 0 heterocycles. The Balaban J connectivity index is 1.31. The van der Waals surface area contributed by atoms with E-state index in [1.807, 2.05) is 0 Å². The van der Waals surface area contributed by atoms with Crippen molar-refractivity contribution in [2.75, 3.05) is 6.61 Å². The van der Waals surface area contributed by atoms with Crippen molar-refractivity contribution < 1.29 is 4.43 Å². The highest BCUT2D eigenvalue weighted by molar-refractivity contribution is 6.74. The molecule has 0 bridgehead atoms. The summed E-state index contributed by atoms with van der Waals surface area (Å²) in [5, 5.41) is 0.333. The lowest BCUT2D eigenvalue weighted by Gasteiger charge is -2.61. The quantitative estimate of drug-likeness (QED) is 0.196. The molecular weight excluding hydrogens is 476 g/mol. The summed E-state index contributed by atoms with van der Waals surface area (Å²) in [6, 6.07) is 0. The zero-order chi connectivity index (χ0) is 27.9. The number of hydrogen-bond acceptors (Lipinski definition) is 1. The molecule has 0 aromatic rings. The fourth-order valence-electron chi connectivity index (χ4n) is 10.5. The van der Waals surface area contributed by atoms with Crippen LogP contribution in [0.4, 0.5) is 0 Å². The summed E-state index contributed by atoms with van der Waals surface area (Å²) < 4.78 is 6.53. The second-order valence-electron chi connectivity index (χ2n) is 17.6. The van der Waals surface area contributed by atoms with E-state index >= 15 is 0 Å². The topological polar surface area (TPSA) is 9.23 Å². The molecule has 0 radical (unpaired) electrons. The molecule has 9 atom stereocenters. The minimum Gasteiger partial charge on any atom is -0.417 e. The minimum atomic E-state index is -1.59. The van der Waals surface area contributed by atoms with Gasteiger partial charge in [-0.2, -0.15) is 0 Å². The highest BCUT2D eigenvalue weighted by Gasteiger charge is 2.60. The van der Waals surface area contributed by atoms with E-state index < -0.39 is 8.32 Å². The zero-order valence-corrected chi connectivity index (χ0v) is 28.6. The van der Waals surface area contributed by atoms with Gasteiger partial charge in [-0.15, -0.1) is 0 Å². The Kier molecular flexibility index (Phi) is 9.67. The summed E-state index contributed by atoms with van der Waals surface area (Å²) in [5.74, 6) is 7.85. The predicted molar refractivity (Wildman–Crippen MR) is 169 cm³/mol. The highest BCUT2D eigenvalue weighted by Crippen LogP contribution is 2.68. The van der Waals surface area contributed by atoms with Crippen LogP contribution in [0, 0.1) is 58.2 Å². The van der Waals surface area contributed by atoms with Crippen LogP contribution < -0.4 is 0 Å². The second-order valence-corrected chi connectivity index (χ2v) is 22.4. The van der Waals surface area contributed by atoms with E-state index in [1.54, 1.807) is 19.3 Å². The molecule has 0 amide bonds. The van der Waals surface area contributed by atoms with Gasteiger partial charge in [-0.25, -0.2) is 0 Å². The fourth-order valence-corrected chi connectivity index (χ4v) is 11.6. The zero-order valence-electron chi connectivity index (χ0n) is 27.6. The van der Waals surface area contributed by atoms with E-state index in [-0.39, 0.29) is 0 Å². The van der Waals surface area contributed by atoms with Gasteiger partial charge >= 0.3 is 0 Å². The molecule has 4 aliphatic rings. The SMILES string of the molecule is CC(C)CCC[C@@H](C)[C@H]1CC[C@H]2[C@@H]3CCC4CC(CCCO[Si](C)(C)C(C)(C)C)CC[C@]4(C)[C@H]3CC[C@]12C. The van der Waals surface area contributed by atoms with Crippen molar-refractivity contribution in [3.05, 3.63) is 0 Å². The van der Waals surface area contributed by atoms with E-state index in [0.29, 0.717) is 15.9 Å². The smallest absolute Gasteiger partial charge is 0.191 e. The van der Waals surface area contributed by atoms with E-state index in [0.717, 1.165) is 54.0 Å². The fraction of sp³-hybridized carbons (Fsp3) is 1.00. The molecule has 0 saturated heterocycles. The molecule has 4 rings (SSSR count). The molecule has 222 valence electrons. The van der Waals surface area contributed by atoms with Crippen molar-refractivity contribution in [3.63, 3.8) is 0 Å². The first-order valence-electron chi connectivity index (χ1n) is 17.3. The first kappa shape index (κ1) is 31.1. The Morgan fingerprint density at radius 2 is 1.50 bits per heavy atom. The van der Waals surface area contributed by atoms with E-state index in [9.17, 15) is 0 Å². The standard InChI is InChI=1S/C36H68OSi/c1-26(2)13-11-14-27(3)31-18-19-32-30-17-16-29-25-28(15-12-24-37-38(9,10)34(4,5)6)20-22-35(29,7)33(30)21-23-36(31,32)8/h26-33H,11-25H2,1-10H3/t27-,28?,29?,30+,31-,32+,33+,35+,36-/m1/s1. The van der Waals surface area contributed by atoms with Gasteiger partial charge in [-0.1, -0.05) is 74.7 Å². The van der Waals surface area contributed by atoms with Crippen LogP contribution in [0.15, 0.2) is 0 Å². The van der Waals surface area contributed by atoms with Gasteiger partial charge in [0, 0.05) is 6.61 Å². The molecule has 4 fully saturated rings. The van der Waals surface area contributed by atoms with Gasteiger partial charge in [-0.3, -0.25) is 0 Å². The van der Waals surface area contributed by atoms with Gasteiger partial charge in [0.1, 0.15) is 0 Å². The van der Waals surface area contributed by atoms with E-state index in [1.165, 1.54) is 70.6 Å². The van der Waals surface area contributed by atoms with Gasteiger partial charge in [0.15, 0.2) is 8.32 Å². The van der Waals surface area contributed by atoms with Crippen molar-refractivity contribution in [2.45, 2.75) is 163 Å². The minimum absolute atomic E-state index is 0.333. The lowest BCUT2D eigenvalue weighted by Crippen LogP contribution is -2.53. The molecule has 38 heavy (non-hydrogen) atoms. The Hall–Kier alpha value is 0.177. The average molecular weight is 545 g/mol. The number of fused-ring (bicyclic) bond motifs is 5. The molecule has 2 unspecified atom stereocenters. The van der Waals surface area contributed by atoms with Crippen LogP contribution in [-0.2, 0) is 4.43 Å². The summed E-state index contributed by atoms with van der Waals surface area (Å²) >= 11 is 0. The lowest BCUT2D eigenvalue weighted by atomic mass is 9.44. The maximum Gasteiger partial charge on any atom is 0.191 e. The van der Waals surface area contributed by atoms with Gasteiger partial charge in [-0.05, 0) is 147 Å². The van der Waals surface area contributed by atoms with Crippen LogP contribution in [-0.4, -0.2) is 14.9 Å². The third-order valence-corrected chi connectivity index (χ3v) is 18.5.